The number of carboxylic acid groups (broad SMARTS) is 1. The second-order valence-corrected chi connectivity index (χ2v) is 16.9. The van der Waals surface area contributed by atoms with Crippen LogP contribution in [0.5, 0.6) is 0 Å². The Labute approximate surface area is 394 Å². The van der Waals surface area contributed by atoms with Crippen LogP contribution in [0.4, 0.5) is 0 Å². The summed E-state index contributed by atoms with van der Waals surface area (Å²) in [6.07, 6.45) is 67.9. The lowest BCUT2D eigenvalue weighted by atomic mass is 10.1. The first-order chi connectivity index (χ1) is 31.7. The van der Waals surface area contributed by atoms with Gasteiger partial charge in [0.05, 0.1) is 19.8 Å². The molecule has 0 fully saturated rings. The minimum Gasteiger partial charge on any atom is -0.480 e. The molecule has 0 amide bonds. The van der Waals surface area contributed by atoms with Crippen LogP contribution in [0.2, 0.25) is 0 Å². The van der Waals surface area contributed by atoms with Crippen LogP contribution >= 0.6 is 7.82 Å². The number of nitrogens with two attached hydrogens (primary N) is 1. The maximum Gasteiger partial charge on any atom is 0.472 e. The number of ether oxygens (including phenoxy) is 2. The van der Waals surface area contributed by atoms with Crippen molar-refractivity contribution >= 4 is 19.8 Å². The zero-order chi connectivity index (χ0) is 47.6. The SMILES string of the molecule is CC/C=C\C/C=C\C/C=C\C/C=C\C/C=C\C/C=C\CCCCCOCC(COP(=O)(O)OCC(N)C(=O)O)OC(=O)CCCCCCC/C=C\C/C=C\C/C=C\C/C=C\C/C=C\CC. The fourth-order valence-corrected chi connectivity index (χ4v) is 6.53. The molecule has 4 N–H and O–H groups in total. The average molecular weight is 924 g/mol. The summed E-state index contributed by atoms with van der Waals surface area (Å²) in [5.74, 6) is -1.83. The van der Waals surface area contributed by atoms with E-state index in [4.69, 9.17) is 29.4 Å². The van der Waals surface area contributed by atoms with Gasteiger partial charge in [0.15, 0.2) is 0 Å². The highest BCUT2D eigenvalue weighted by Gasteiger charge is 2.27. The number of phosphoric acid groups is 1. The summed E-state index contributed by atoms with van der Waals surface area (Å²) in [5, 5.41) is 8.92. The van der Waals surface area contributed by atoms with Crippen molar-refractivity contribution in [1.82, 2.24) is 0 Å². The lowest BCUT2D eigenvalue weighted by molar-refractivity contribution is -0.154. The molecule has 0 aromatic carbocycles. The van der Waals surface area contributed by atoms with Gasteiger partial charge in [-0.15, -0.1) is 0 Å². The highest BCUT2D eigenvalue weighted by Crippen LogP contribution is 2.43. The third-order valence-corrected chi connectivity index (χ3v) is 10.4. The number of aliphatic carboxylic acids is 1. The average Bonchev–Trinajstić information content (AvgIpc) is 3.29. The van der Waals surface area contributed by atoms with Crippen molar-refractivity contribution in [2.24, 2.45) is 5.73 Å². The number of carboxylic acids is 1. The molecular weight excluding hydrogens is 838 g/mol. The molecule has 0 rings (SSSR count). The predicted octanol–water partition coefficient (Wildman–Crippen LogP) is 14.2. The minimum absolute atomic E-state index is 0.0245. The zero-order valence-electron chi connectivity index (χ0n) is 40.0. The van der Waals surface area contributed by atoms with E-state index in [2.05, 4.69) is 148 Å². The van der Waals surface area contributed by atoms with Crippen LogP contribution in [-0.4, -0.2) is 60.5 Å². The summed E-state index contributed by atoms with van der Waals surface area (Å²) in [5.41, 5.74) is 5.37. The van der Waals surface area contributed by atoms with Crippen molar-refractivity contribution in [3.63, 3.8) is 0 Å². The molecule has 3 atom stereocenters. The van der Waals surface area contributed by atoms with E-state index in [-0.39, 0.29) is 13.0 Å². The van der Waals surface area contributed by atoms with Gasteiger partial charge >= 0.3 is 19.8 Å². The second kappa shape index (κ2) is 48.1. The summed E-state index contributed by atoms with van der Waals surface area (Å²) >= 11 is 0. The van der Waals surface area contributed by atoms with Gasteiger partial charge in [0.1, 0.15) is 12.1 Å². The first kappa shape index (κ1) is 61.1. The molecular formula is C54H86NO9P. The minimum atomic E-state index is -4.65. The fraction of sp³-hybridized carbons (Fsp3) is 0.556. The summed E-state index contributed by atoms with van der Waals surface area (Å²) in [6, 6.07) is -1.49. The van der Waals surface area contributed by atoms with Gasteiger partial charge in [0.25, 0.3) is 0 Å². The standard InChI is InChI=1S/C54H86NO9P/c1-3-5-7-9-11-13-15-17-19-21-23-25-27-29-31-33-35-37-39-41-43-45-47-61-48-51(49-62-65(59,60)63-50-52(55)54(57)58)64-53(56)46-44-42-40-38-36-34-32-30-28-26-24-22-20-18-16-14-12-10-8-6-4-2/h5-8,11-14,17-20,23-26,29-32,35,37,51-52H,3-4,9-10,15-16,21-22,27-28,33-34,36,38-50,55H2,1-2H3,(H,57,58)(H,59,60)/b7-5-,8-6-,13-11-,14-12-,19-17-,20-18-,25-23-,26-24-,31-29-,32-30-,37-35-. The molecule has 10 nitrogen and oxygen atoms in total. The van der Waals surface area contributed by atoms with Gasteiger partial charge in [-0.25, -0.2) is 4.57 Å². The number of esters is 1. The lowest BCUT2D eigenvalue weighted by Crippen LogP contribution is -2.34. The molecule has 0 aliphatic heterocycles. The first-order valence-corrected chi connectivity index (χ1v) is 25.7. The van der Waals surface area contributed by atoms with E-state index in [9.17, 15) is 19.0 Å². The van der Waals surface area contributed by atoms with Crippen LogP contribution in [0, 0.1) is 0 Å². The largest absolute Gasteiger partial charge is 0.480 e. The number of hydrogen-bond donors (Lipinski definition) is 3. The Kier molecular flexibility index (Phi) is 45.2. The number of hydrogen-bond acceptors (Lipinski definition) is 8. The summed E-state index contributed by atoms with van der Waals surface area (Å²) in [6.45, 7) is 3.52. The van der Waals surface area contributed by atoms with Gasteiger partial charge in [0.2, 0.25) is 0 Å². The normalized spacial score (nSPS) is 14.9. The molecule has 0 bridgehead atoms. The van der Waals surface area contributed by atoms with E-state index in [1.807, 2.05) is 0 Å². The predicted molar refractivity (Wildman–Crippen MR) is 272 cm³/mol. The van der Waals surface area contributed by atoms with Gasteiger partial charge in [0, 0.05) is 13.0 Å². The van der Waals surface area contributed by atoms with Gasteiger partial charge in [-0.2, -0.15) is 0 Å². The molecule has 0 radical (unpaired) electrons. The van der Waals surface area contributed by atoms with Crippen molar-refractivity contribution in [3.8, 4) is 0 Å². The number of unbranched alkanes of at least 4 members (excludes halogenated alkanes) is 8. The lowest BCUT2D eigenvalue weighted by Gasteiger charge is -2.20. The van der Waals surface area contributed by atoms with E-state index in [0.29, 0.717) is 13.0 Å². The zero-order valence-corrected chi connectivity index (χ0v) is 40.9. The van der Waals surface area contributed by atoms with Crippen molar-refractivity contribution in [1.29, 1.82) is 0 Å². The van der Waals surface area contributed by atoms with Crippen LogP contribution in [0.1, 0.15) is 155 Å². The van der Waals surface area contributed by atoms with E-state index in [0.717, 1.165) is 128 Å². The molecule has 0 aliphatic rings. The van der Waals surface area contributed by atoms with Crippen molar-refractivity contribution in [2.75, 3.05) is 26.4 Å². The Hall–Kier alpha value is -3.89. The maximum absolute atomic E-state index is 12.7. The molecule has 0 aromatic rings. The third-order valence-electron chi connectivity index (χ3n) is 9.43. The monoisotopic (exact) mass is 924 g/mol. The third kappa shape index (κ3) is 47.9. The van der Waals surface area contributed by atoms with Gasteiger partial charge in [-0.3, -0.25) is 18.6 Å². The Bertz CT molecular complexity index is 1540. The number of rotatable bonds is 44. The van der Waals surface area contributed by atoms with Crippen LogP contribution < -0.4 is 5.73 Å². The molecule has 0 heterocycles. The second-order valence-electron chi connectivity index (χ2n) is 15.5. The highest BCUT2D eigenvalue weighted by atomic mass is 31.2. The molecule has 0 aliphatic carbocycles. The summed E-state index contributed by atoms with van der Waals surface area (Å²) in [7, 11) is -4.65. The topological polar surface area (TPSA) is 155 Å². The van der Waals surface area contributed by atoms with Crippen LogP contribution in [0.15, 0.2) is 134 Å². The van der Waals surface area contributed by atoms with Gasteiger partial charge < -0.3 is 25.2 Å². The van der Waals surface area contributed by atoms with Crippen LogP contribution in [-0.2, 0) is 32.7 Å². The van der Waals surface area contributed by atoms with Crippen molar-refractivity contribution < 1.29 is 42.7 Å². The van der Waals surface area contributed by atoms with E-state index < -0.39 is 45.1 Å². The van der Waals surface area contributed by atoms with Gasteiger partial charge in [-0.05, 0) is 109 Å². The fourth-order valence-electron chi connectivity index (χ4n) is 5.75. The van der Waals surface area contributed by atoms with E-state index >= 15 is 0 Å². The number of phosphoric ester groups is 1. The number of carbonyl (C=O) groups excluding carboxylic acids is 1. The Morgan fingerprint density at radius 1 is 0.492 bits per heavy atom. The highest BCUT2D eigenvalue weighted by molar-refractivity contribution is 7.47. The van der Waals surface area contributed by atoms with Crippen LogP contribution in [0.25, 0.3) is 0 Å². The summed E-state index contributed by atoms with van der Waals surface area (Å²) in [4.78, 5) is 33.7. The quantitative estimate of drug-likeness (QED) is 0.0233. The molecule has 11 heteroatoms. The molecule has 0 saturated carbocycles. The molecule has 0 aromatic heterocycles. The number of carbonyl (C=O) groups is 2. The van der Waals surface area contributed by atoms with Crippen molar-refractivity contribution in [3.05, 3.63) is 134 Å². The Morgan fingerprint density at radius 3 is 1.26 bits per heavy atom. The van der Waals surface area contributed by atoms with Crippen molar-refractivity contribution in [2.45, 2.75) is 167 Å². The molecule has 0 saturated heterocycles. The van der Waals surface area contributed by atoms with E-state index in [1.165, 1.54) is 0 Å². The van der Waals surface area contributed by atoms with Crippen LogP contribution in [0.3, 0.4) is 0 Å². The molecule has 65 heavy (non-hydrogen) atoms. The number of allylic oxidation sites excluding steroid dienone is 22. The molecule has 366 valence electrons. The smallest absolute Gasteiger partial charge is 0.472 e. The molecule has 0 spiro atoms. The first-order valence-electron chi connectivity index (χ1n) is 24.2. The Morgan fingerprint density at radius 2 is 0.846 bits per heavy atom. The molecule has 3 unspecified atom stereocenters. The van der Waals surface area contributed by atoms with Gasteiger partial charge in [-0.1, -0.05) is 173 Å². The summed E-state index contributed by atoms with van der Waals surface area (Å²) < 4.78 is 33.4. The Balaban J connectivity index is 4.34. The maximum atomic E-state index is 12.7. The van der Waals surface area contributed by atoms with E-state index in [1.54, 1.807) is 0 Å².